The summed E-state index contributed by atoms with van der Waals surface area (Å²) in [5, 5.41) is 20.8. The lowest BCUT2D eigenvalue weighted by Gasteiger charge is -2.29. The van der Waals surface area contributed by atoms with Crippen molar-refractivity contribution in [2.45, 2.75) is 57.6 Å². The van der Waals surface area contributed by atoms with Gasteiger partial charge in [-0.1, -0.05) is 45.0 Å². The quantitative estimate of drug-likeness (QED) is 0.733. The maximum atomic E-state index is 12.9. The van der Waals surface area contributed by atoms with Crippen molar-refractivity contribution in [3.8, 4) is 5.75 Å². The first-order valence-corrected chi connectivity index (χ1v) is 11.0. The smallest absolute Gasteiger partial charge is 0.179 e. The number of hydrogen-bond acceptors (Lipinski definition) is 4. The highest BCUT2D eigenvalue weighted by molar-refractivity contribution is 5.99. The highest BCUT2D eigenvalue weighted by Gasteiger charge is 2.50. The predicted molar refractivity (Wildman–Crippen MR) is 119 cm³/mol. The maximum absolute atomic E-state index is 12.9. The van der Waals surface area contributed by atoms with E-state index in [1.165, 1.54) is 5.56 Å². The van der Waals surface area contributed by atoms with E-state index >= 15 is 0 Å². The maximum Gasteiger partial charge on any atom is 0.179 e. The highest BCUT2D eigenvalue weighted by Crippen LogP contribution is 2.49. The average molecular weight is 408 g/mol. The lowest BCUT2D eigenvalue weighted by Crippen LogP contribution is -2.39. The number of hydrogen-bond donors (Lipinski definition) is 2. The van der Waals surface area contributed by atoms with Gasteiger partial charge in [0.25, 0.3) is 0 Å². The van der Waals surface area contributed by atoms with Crippen LogP contribution in [0.3, 0.4) is 0 Å². The Bertz CT molecular complexity index is 897. The Kier molecular flexibility index (Phi) is 5.27. The van der Waals surface area contributed by atoms with E-state index in [1.807, 2.05) is 6.92 Å². The summed E-state index contributed by atoms with van der Waals surface area (Å²) in [4.78, 5) is 15.1. The number of nitrogens with zero attached hydrogens (tertiary/aromatic N) is 1. The van der Waals surface area contributed by atoms with E-state index in [2.05, 4.69) is 49.9 Å². The topological polar surface area (TPSA) is 60.8 Å². The third-order valence-electron chi connectivity index (χ3n) is 7.17. The monoisotopic (exact) mass is 407 g/mol. The molecule has 1 aliphatic carbocycles. The number of phenolic OH excluding ortho intramolecular Hbond substituents is 1. The van der Waals surface area contributed by atoms with Crippen molar-refractivity contribution < 1.29 is 15.0 Å². The Morgan fingerprint density at radius 3 is 2.03 bits per heavy atom. The normalized spacial score (nSPS) is 27.8. The van der Waals surface area contributed by atoms with Crippen LogP contribution in [0.4, 0.5) is 0 Å². The third-order valence-corrected chi connectivity index (χ3v) is 7.17. The van der Waals surface area contributed by atoms with Crippen molar-refractivity contribution in [1.29, 1.82) is 0 Å². The van der Waals surface area contributed by atoms with E-state index in [1.54, 1.807) is 24.3 Å². The van der Waals surface area contributed by atoms with Crippen LogP contribution in [0.5, 0.6) is 5.75 Å². The Morgan fingerprint density at radius 1 is 1.00 bits per heavy atom. The Morgan fingerprint density at radius 2 is 1.53 bits per heavy atom. The van der Waals surface area contributed by atoms with E-state index in [9.17, 15) is 15.0 Å². The van der Waals surface area contributed by atoms with Crippen LogP contribution in [-0.4, -0.2) is 40.0 Å². The van der Waals surface area contributed by atoms with Gasteiger partial charge in [-0.2, -0.15) is 0 Å². The lowest BCUT2D eigenvalue weighted by molar-refractivity contribution is 0.0297. The fourth-order valence-corrected chi connectivity index (χ4v) is 5.25. The molecule has 30 heavy (non-hydrogen) atoms. The zero-order valence-electron chi connectivity index (χ0n) is 18.4. The molecule has 1 heterocycles. The van der Waals surface area contributed by atoms with Gasteiger partial charge in [-0.05, 0) is 72.4 Å². The second kappa shape index (κ2) is 7.51. The minimum Gasteiger partial charge on any atom is -0.508 e. The summed E-state index contributed by atoms with van der Waals surface area (Å²) in [6.07, 6.45) is 1.51. The molecule has 0 bridgehead atoms. The molecule has 1 saturated carbocycles. The molecule has 0 amide bonds. The summed E-state index contributed by atoms with van der Waals surface area (Å²) in [6, 6.07) is 14.8. The summed E-state index contributed by atoms with van der Waals surface area (Å²) in [5.41, 5.74) is 2.27. The molecule has 1 saturated heterocycles. The molecule has 2 aromatic rings. The first-order chi connectivity index (χ1) is 14.1. The van der Waals surface area contributed by atoms with Crippen molar-refractivity contribution in [2.75, 3.05) is 13.1 Å². The SMILES string of the molecule is C[C@H](C(=O)c1ccc(O)cc1)N1C[C@@H]2CC(O)(c3ccc(C(C)(C)C)cc3)C[C@@H]2C1. The molecule has 2 N–H and O–H groups in total. The van der Waals surface area contributed by atoms with Gasteiger partial charge in [0.05, 0.1) is 11.6 Å². The Hall–Kier alpha value is -2.17. The minimum absolute atomic E-state index is 0.0861. The van der Waals surface area contributed by atoms with Gasteiger partial charge in [-0.15, -0.1) is 0 Å². The number of benzene rings is 2. The molecular weight excluding hydrogens is 374 g/mol. The van der Waals surface area contributed by atoms with Crippen molar-refractivity contribution >= 4 is 5.78 Å². The molecular formula is C26H33NO3. The number of phenols is 1. The van der Waals surface area contributed by atoms with E-state index < -0.39 is 5.60 Å². The van der Waals surface area contributed by atoms with Crippen LogP contribution in [-0.2, 0) is 11.0 Å². The lowest BCUT2D eigenvalue weighted by atomic mass is 9.84. The number of rotatable bonds is 4. The van der Waals surface area contributed by atoms with Crippen molar-refractivity contribution in [3.63, 3.8) is 0 Å². The first-order valence-electron chi connectivity index (χ1n) is 11.0. The average Bonchev–Trinajstić information content (AvgIpc) is 3.22. The van der Waals surface area contributed by atoms with Gasteiger partial charge in [-0.3, -0.25) is 9.69 Å². The van der Waals surface area contributed by atoms with Gasteiger partial charge in [0.15, 0.2) is 5.78 Å². The van der Waals surface area contributed by atoms with Crippen LogP contribution in [0, 0.1) is 11.8 Å². The number of carbonyl (C=O) groups excluding carboxylic acids is 1. The number of aliphatic hydroxyl groups is 1. The standard InChI is InChI=1S/C26H33NO3/c1-17(24(29)18-5-11-23(28)12-6-18)27-15-19-13-26(30,14-20(19)16-27)22-9-7-21(8-10-22)25(2,3)4/h5-12,17,19-20,28,30H,13-16H2,1-4H3/t17-,19-,20+,26?/m1/s1. The van der Waals surface area contributed by atoms with Crippen LogP contribution in [0.15, 0.2) is 48.5 Å². The molecule has 2 aromatic carbocycles. The molecule has 160 valence electrons. The molecule has 2 aliphatic rings. The number of ketones is 1. The summed E-state index contributed by atoms with van der Waals surface area (Å²) in [6.45, 7) is 10.3. The summed E-state index contributed by atoms with van der Waals surface area (Å²) < 4.78 is 0. The molecule has 2 fully saturated rings. The number of Topliss-reactive ketones (excluding diaryl/α,β-unsaturated/α-hetero) is 1. The van der Waals surface area contributed by atoms with Crippen LogP contribution in [0.2, 0.25) is 0 Å². The van der Waals surface area contributed by atoms with Crippen LogP contribution in [0.1, 0.15) is 62.0 Å². The molecule has 4 nitrogen and oxygen atoms in total. The molecule has 0 spiro atoms. The molecule has 4 atom stereocenters. The Labute approximate surface area is 179 Å². The fourth-order valence-electron chi connectivity index (χ4n) is 5.25. The molecule has 0 aromatic heterocycles. The number of fused-ring (bicyclic) bond motifs is 1. The third kappa shape index (κ3) is 3.91. The van der Waals surface area contributed by atoms with E-state index in [4.69, 9.17) is 0 Å². The van der Waals surface area contributed by atoms with Gasteiger partial charge in [0.1, 0.15) is 5.75 Å². The van der Waals surface area contributed by atoms with Crippen LogP contribution < -0.4 is 0 Å². The zero-order chi connectivity index (χ0) is 21.7. The summed E-state index contributed by atoms with van der Waals surface area (Å²) in [7, 11) is 0. The van der Waals surface area contributed by atoms with E-state index in [0.29, 0.717) is 17.4 Å². The molecule has 0 radical (unpaired) electrons. The van der Waals surface area contributed by atoms with Crippen LogP contribution >= 0.6 is 0 Å². The van der Waals surface area contributed by atoms with Gasteiger partial charge in [-0.25, -0.2) is 0 Å². The zero-order valence-corrected chi connectivity index (χ0v) is 18.4. The van der Waals surface area contributed by atoms with E-state index in [0.717, 1.165) is 31.5 Å². The largest absolute Gasteiger partial charge is 0.508 e. The van der Waals surface area contributed by atoms with Gasteiger partial charge < -0.3 is 10.2 Å². The molecule has 1 unspecified atom stereocenters. The van der Waals surface area contributed by atoms with Gasteiger partial charge >= 0.3 is 0 Å². The molecule has 4 heteroatoms. The van der Waals surface area contributed by atoms with Crippen molar-refractivity contribution in [2.24, 2.45) is 11.8 Å². The molecule has 4 rings (SSSR count). The van der Waals surface area contributed by atoms with Crippen molar-refractivity contribution in [3.05, 3.63) is 65.2 Å². The van der Waals surface area contributed by atoms with Gasteiger partial charge in [0, 0.05) is 18.7 Å². The fraction of sp³-hybridized carbons (Fsp3) is 0.500. The highest BCUT2D eigenvalue weighted by atomic mass is 16.3. The number of aromatic hydroxyl groups is 1. The van der Waals surface area contributed by atoms with Crippen LogP contribution in [0.25, 0.3) is 0 Å². The Balaban J connectivity index is 1.42. The number of carbonyl (C=O) groups is 1. The second-order valence-electron chi connectivity index (χ2n) is 10.3. The second-order valence-corrected chi connectivity index (χ2v) is 10.3. The first kappa shape index (κ1) is 21.1. The summed E-state index contributed by atoms with van der Waals surface area (Å²) >= 11 is 0. The van der Waals surface area contributed by atoms with E-state index in [-0.39, 0.29) is 23.0 Å². The minimum atomic E-state index is -0.762. The summed E-state index contributed by atoms with van der Waals surface area (Å²) in [5.74, 6) is 1.08. The number of likely N-dealkylation sites (tertiary alicyclic amines) is 1. The predicted octanol–water partition coefficient (Wildman–Crippen LogP) is 4.49. The van der Waals surface area contributed by atoms with Crippen molar-refractivity contribution in [1.82, 2.24) is 4.90 Å². The molecule has 1 aliphatic heterocycles. The van der Waals surface area contributed by atoms with Gasteiger partial charge in [0.2, 0.25) is 0 Å².